The van der Waals surface area contributed by atoms with E-state index in [1.165, 1.54) is 37.2 Å². The molecule has 0 saturated carbocycles. The third-order valence-electron chi connectivity index (χ3n) is 5.85. The summed E-state index contributed by atoms with van der Waals surface area (Å²) in [5.41, 5.74) is -0.590. The van der Waals surface area contributed by atoms with Gasteiger partial charge >= 0.3 is 0 Å². The van der Waals surface area contributed by atoms with E-state index >= 15 is 0 Å². The number of likely N-dealkylation sites (N-methyl/N-ethyl adjacent to an activating group) is 1. The van der Waals surface area contributed by atoms with Crippen molar-refractivity contribution < 1.29 is 28.4 Å². The van der Waals surface area contributed by atoms with Gasteiger partial charge in [0.15, 0.2) is 11.3 Å². The third-order valence-corrected chi connectivity index (χ3v) is 6.13. The minimum absolute atomic E-state index is 0.0127. The Kier molecular flexibility index (Phi) is 6.37. The van der Waals surface area contributed by atoms with Crippen LogP contribution < -0.4 is 0 Å². The van der Waals surface area contributed by atoms with Crippen molar-refractivity contribution in [1.82, 2.24) is 19.9 Å². The lowest BCUT2D eigenvalue weighted by Crippen LogP contribution is -2.48. The van der Waals surface area contributed by atoms with Crippen LogP contribution in [0.15, 0.2) is 34.9 Å². The zero-order valence-corrected chi connectivity index (χ0v) is 19.3. The summed E-state index contributed by atoms with van der Waals surface area (Å²) in [6, 6.07) is 7.27. The van der Waals surface area contributed by atoms with Gasteiger partial charge in [-0.1, -0.05) is 28.9 Å². The number of nitrogens with zero attached hydrogens (tertiary/aromatic N) is 4. The average Bonchev–Trinajstić information content (AvgIpc) is 3.21. The molecule has 0 atom stereocenters. The van der Waals surface area contributed by atoms with Crippen LogP contribution in [0.25, 0.3) is 11.1 Å². The molecule has 3 heterocycles. The summed E-state index contributed by atoms with van der Waals surface area (Å²) in [4.78, 5) is 44.5. The Morgan fingerprint density at radius 3 is 2.44 bits per heavy atom. The zero-order chi connectivity index (χ0) is 24.6. The van der Waals surface area contributed by atoms with Crippen molar-refractivity contribution in [2.75, 3.05) is 27.2 Å². The molecular weight excluding hydrogens is 467 g/mol. The smallest absolute Gasteiger partial charge is 0.296 e. The number of carbonyl (C=O) groups is 3. The van der Waals surface area contributed by atoms with E-state index in [-0.39, 0.29) is 46.4 Å². The number of benzene rings is 1. The standard InChI is InChI=1S/C23H22ClFN4O5/c1-28(2)22(32)20(30)19-18-16(34-27-19)11-15(24)17(26-18)21(31)29-9-7-23(33,8-10-29)12-13-3-5-14(25)6-4-13/h3-6,11,33H,7-10,12H2,1-2H3. The molecule has 2 aromatic heterocycles. The van der Waals surface area contributed by atoms with Gasteiger partial charge in [-0.3, -0.25) is 14.4 Å². The van der Waals surface area contributed by atoms with Gasteiger partial charge in [-0.2, -0.15) is 0 Å². The number of fused-ring (bicyclic) bond motifs is 1. The van der Waals surface area contributed by atoms with Crippen LogP contribution in [0.3, 0.4) is 0 Å². The number of pyridine rings is 1. The van der Waals surface area contributed by atoms with E-state index in [9.17, 15) is 23.9 Å². The predicted molar refractivity (Wildman–Crippen MR) is 120 cm³/mol. The summed E-state index contributed by atoms with van der Waals surface area (Å²) in [6.45, 7) is 0.502. The second-order valence-corrected chi connectivity index (χ2v) is 8.95. The minimum Gasteiger partial charge on any atom is -0.389 e. The van der Waals surface area contributed by atoms with Crippen LogP contribution in [0.2, 0.25) is 5.02 Å². The van der Waals surface area contributed by atoms with E-state index in [1.54, 1.807) is 12.1 Å². The second-order valence-electron chi connectivity index (χ2n) is 8.55. The number of ketones is 1. The number of halogens is 2. The van der Waals surface area contributed by atoms with Gasteiger partial charge in [0.25, 0.3) is 17.6 Å². The fourth-order valence-corrected chi connectivity index (χ4v) is 4.11. The highest BCUT2D eigenvalue weighted by Gasteiger charge is 2.35. The topological polar surface area (TPSA) is 117 Å². The van der Waals surface area contributed by atoms with E-state index in [0.717, 1.165) is 10.5 Å². The quantitative estimate of drug-likeness (QED) is 0.433. The van der Waals surface area contributed by atoms with Gasteiger partial charge in [0, 0.05) is 39.7 Å². The Bertz CT molecular complexity index is 1270. The summed E-state index contributed by atoms with van der Waals surface area (Å²) in [5.74, 6) is -2.55. The highest BCUT2D eigenvalue weighted by Crippen LogP contribution is 2.29. The van der Waals surface area contributed by atoms with Crippen LogP contribution in [0.1, 0.15) is 39.4 Å². The maximum atomic E-state index is 13.2. The molecule has 1 N–H and O–H groups in total. The van der Waals surface area contributed by atoms with Crippen molar-refractivity contribution in [1.29, 1.82) is 0 Å². The molecule has 34 heavy (non-hydrogen) atoms. The summed E-state index contributed by atoms with van der Waals surface area (Å²) in [7, 11) is 2.85. The summed E-state index contributed by atoms with van der Waals surface area (Å²) < 4.78 is 18.2. The van der Waals surface area contributed by atoms with E-state index in [1.807, 2.05) is 0 Å². The first-order chi connectivity index (χ1) is 16.1. The number of aromatic nitrogens is 2. The molecule has 1 aliphatic rings. The molecule has 1 aromatic carbocycles. The molecule has 2 amide bonds. The number of rotatable bonds is 5. The van der Waals surface area contributed by atoms with Crippen molar-refractivity contribution in [2.24, 2.45) is 0 Å². The Labute approximate surface area is 199 Å². The van der Waals surface area contributed by atoms with Crippen LogP contribution in [0.4, 0.5) is 4.39 Å². The van der Waals surface area contributed by atoms with Crippen LogP contribution in [-0.2, 0) is 11.2 Å². The lowest BCUT2D eigenvalue weighted by Gasteiger charge is -2.38. The molecule has 0 spiro atoms. The lowest BCUT2D eigenvalue weighted by molar-refractivity contribution is -0.124. The van der Waals surface area contributed by atoms with Gasteiger partial charge in [0.1, 0.15) is 17.0 Å². The molecule has 0 aliphatic carbocycles. The number of hydrogen-bond donors (Lipinski definition) is 1. The molecule has 1 aliphatic heterocycles. The normalized spacial score (nSPS) is 15.4. The van der Waals surface area contributed by atoms with Crippen LogP contribution >= 0.6 is 11.6 Å². The number of carbonyl (C=O) groups excluding carboxylic acids is 3. The van der Waals surface area contributed by atoms with Gasteiger partial charge in [0.05, 0.1) is 10.6 Å². The molecule has 11 heteroatoms. The molecule has 0 radical (unpaired) electrons. The van der Waals surface area contributed by atoms with Gasteiger partial charge in [0.2, 0.25) is 0 Å². The number of hydrogen-bond acceptors (Lipinski definition) is 7. The monoisotopic (exact) mass is 488 g/mol. The van der Waals surface area contributed by atoms with Gasteiger partial charge < -0.3 is 19.4 Å². The highest BCUT2D eigenvalue weighted by molar-refractivity contribution is 6.44. The number of piperidine rings is 1. The number of amides is 2. The first kappa shape index (κ1) is 23.8. The van der Waals surface area contributed by atoms with E-state index in [4.69, 9.17) is 16.1 Å². The molecule has 1 saturated heterocycles. The minimum atomic E-state index is -1.03. The maximum absolute atomic E-state index is 13.2. The van der Waals surface area contributed by atoms with Crippen molar-refractivity contribution in [3.63, 3.8) is 0 Å². The number of likely N-dealkylation sites (tertiary alicyclic amines) is 1. The Morgan fingerprint density at radius 1 is 1.18 bits per heavy atom. The fourth-order valence-electron chi connectivity index (χ4n) is 3.89. The SMILES string of the molecule is CN(C)C(=O)C(=O)c1noc2cc(Cl)c(C(=O)N3CCC(O)(Cc4ccc(F)cc4)CC3)nc12. The van der Waals surface area contributed by atoms with Crippen LogP contribution in [0.5, 0.6) is 0 Å². The summed E-state index contributed by atoms with van der Waals surface area (Å²) >= 11 is 6.26. The lowest BCUT2D eigenvalue weighted by atomic mass is 9.85. The molecule has 0 unspecified atom stereocenters. The van der Waals surface area contributed by atoms with E-state index in [2.05, 4.69) is 10.1 Å². The number of aliphatic hydroxyl groups is 1. The molecule has 3 aromatic rings. The Balaban J connectivity index is 1.52. The first-order valence-electron chi connectivity index (χ1n) is 10.6. The van der Waals surface area contributed by atoms with E-state index in [0.29, 0.717) is 19.3 Å². The average molecular weight is 489 g/mol. The van der Waals surface area contributed by atoms with Crippen molar-refractivity contribution in [2.45, 2.75) is 24.9 Å². The predicted octanol–water partition coefficient (Wildman–Crippen LogP) is 2.50. The largest absolute Gasteiger partial charge is 0.389 e. The first-order valence-corrected chi connectivity index (χ1v) is 10.9. The van der Waals surface area contributed by atoms with Gasteiger partial charge in [-0.25, -0.2) is 9.37 Å². The molecule has 9 nitrogen and oxygen atoms in total. The Morgan fingerprint density at radius 2 is 1.82 bits per heavy atom. The third kappa shape index (κ3) is 4.64. The molecular formula is C23H22ClFN4O5. The summed E-state index contributed by atoms with van der Waals surface area (Å²) in [6.07, 6.45) is 0.959. The van der Waals surface area contributed by atoms with Crippen LogP contribution in [-0.4, -0.2) is 75.4 Å². The Hall–Kier alpha value is -3.37. The molecule has 0 bridgehead atoms. The van der Waals surface area contributed by atoms with Crippen molar-refractivity contribution >= 4 is 40.3 Å². The highest BCUT2D eigenvalue weighted by atomic mass is 35.5. The molecule has 1 fully saturated rings. The molecule has 4 rings (SSSR count). The zero-order valence-electron chi connectivity index (χ0n) is 18.5. The van der Waals surface area contributed by atoms with Crippen molar-refractivity contribution in [3.05, 3.63) is 58.1 Å². The maximum Gasteiger partial charge on any atom is 0.296 e. The summed E-state index contributed by atoms with van der Waals surface area (Å²) in [5, 5.41) is 14.6. The number of Topliss-reactive ketones (excluding diaryl/α,β-unsaturated/α-hetero) is 1. The van der Waals surface area contributed by atoms with Crippen LogP contribution in [0, 0.1) is 5.82 Å². The van der Waals surface area contributed by atoms with E-state index < -0.39 is 23.2 Å². The van der Waals surface area contributed by atoms with Crippen molar-refractivity contribution in [3.8, 4) is 0 Å². The molecule has 178 valence electrons. The fraction of sp³-hybridized carbons (Fsp3) is 0.348. The van der Waals surface area contributed by atoms with Gasteiger partial charge in [-0.15, -0.1) is 0 Å². The van der Waals surface area contributed by atoms with Gasteiger partial charge in [-0.05, 0) is 30.5 Å². The second kappa shape index (κ2) is 9.11.